The van der Waals surface area contributed by atoms with Crippen LogP contribution in [0.1, 0.15) is 20.7 Å². The van der Waals surface area contributed by atoms with Gasteiger partial charge in [0.25, 0.3) is 11.2 Å². The molecule has 0 saturated carbocycles. The van der Waals surface area contributed by atoms with E-state index < -0.39 is 95.7 Å². The molecule has 0 bridgehead atoms. The van der Waals surface area contributed by atoms with Gasteiger partial charge in [-0.25, -0.2) is 9.59 Å². The van der Waals surface area contributed by atoms with E-state index in [1.807, 2.05) is 0 Å². The number of rotatable bonds is 14. The maximum atomic E-state index is 13.3. The Hall–Kier alpha value is -2.32. The number of hydrogen-bond donors (Lipinski definition) is 10. The highest BCUT2D eigenvalue weighted by Gasteiger charge is 2.59. The Labute approximate surface area is 222 Å². The van der Waals surface area contributed by atoms with Crippen molar-refractivity contribution < 1.29 is 78.8 Å². The average molecular weight is 591 g/mol. The number of carbonyl (C=O) groups is 4. The number of aliphatic hydroxyl groups excluding tert-OH is 8. The third kappa shape index (κ3) is 6.12. The van der Waals surface area contributed by atoms with Crippen molar-refractivity contribution in [3.63, 3.8) is 0 Å². The van der Waals surface area contributed by atoms with Crippen molar-refractivity contribution >= 4 is 47.2 Å². The third-order valence-electron chi connectivity index (χ3n) is 5.54. The van der Waals surface area contributed by atoms with Crippen LogP contribution in [-0.2, 0) is 18.2 Å². The van der Waals surface area contributed by atoms with Crippen molar-refractivity contribution in [1.82, 2.24) is 0 Å². The molecule has 0 radical (unpaired) electrons. The Morgan fingerprint density at radius 3 is 1.21 bits per heavy atom. The highest BCUT2D eigenvalue weighted by molar-refractivity contribution is 6.27. The lowest BCUT2D eigenvalue weighted by molar-refractivity contribution is -0.177. The number of benzene rings is 1. The Morgan fingerprint density at radius 2 is 0.974 bits per heavy atom. The van der Waals surface area contributed by atoms with Gasteiger partial charge in [-0.2, -0.15) is 0 Å². The van der Waals surface area contributed by atoms with Gasteiger partial charge < -0.3 is 59.6 Å². The predicted molar refractivity (Wildman–Crippen MR) is 119 cm³/mol. The number of aliphatic hydroxyl groups is 10. The number of carbonyl (C=O) groups excluding carboxylic acids is 4. The van der Waals surface area contributed by atoms with Crippen LogP contribution in [0.3, 0.4) is 0 Å². The van der Waals surface area contributed by atoms with E-state index in [0.29, 0.717) is 12.1 Å². The van der Waals surface area contributed by atoms with Gasteiger partial charge in [0.1, 0.15) is 60.4 Å². The fourth-order valence-electron chi connectivity index (χ4n) is 3.23. The van der Waals surface area contributed by atoms with Gasteiger partial charge in [-0.3, -0.25) is 9.59 Å². The zero-order valence-corrected chi connectivity index (χ0v) is 20.4. The van der Waals surface area contributed by atoms with E-state index in [1.54, 1.807) is 0 Å². The van der Waals surface area contributed by atoms with Crippen LogP contribution in [-0.4, -0.2) is 136 Å². The molecule has 8 atom stereocenters. The normalized spacial score (nSPS) is 19.5. The van der Waals surface area contributed by atoms with Gasteiger partial charge in [0.05, 0.1) is 13.2 Å². The second kappa shape index (κ2) is 13.7. The van der Waals surface area contributed by atoms with Crippen LogP contribution in [0.25, 0.3) is 0 Å². The summed E-state index contributed by atoms with van der Waals surface area (Å²) in [5.41, 5.74) is -10.1. The van der Waals surface area contributed by atoms with Gasteiger partial charge in [-0.05, 0) is 0 Å². The van der Waals surface area contributed by atoms with Crippen molar-refractivity contribution in [3.8, 4) is 0 Å². The second-order valence-corrected chi connectivity index (χ2v) is 8.15. The molecule has 10 N–H and O–H groups in total. The molecule has 0 aromatic heterocycles. The van der Waals surface area contributed by atoms with E-state index >= 15 is 0 Å². The van der Waals surface area contributed by atoms with Gasteiger partial charge in [-0.15, -0.1) is 0 Å². The first-order chi connectivity index (χ1) is 17.6. The minimum absolute atomic E-state index is 0.682. The summed E-state index contributed by atoms with van der Waals surface area (Å²) >= 11 is 9.86. The Kier molecular flexibility index (Phi) is 12.1. The second-order valence-electron chi connectivity index (χ2n) is 7.84. The van der Waals surface area contributed by atoms with Crippen LogP contribution in [0.15, 0.2) is 24.3 Å². The SMILES string of the molecule is O=C(OCl)C(O)(C(=O)c1ccccc1C(=O)C(O)(C(=O)OCl)C(O)C(O)C(O)CO)C(O)C(O)C(O)CO. The zero-order chi connectivity index (χ0) is 29.6. The number of hydrogen-bond acceptors (Lipinski definition) is 16. The minimum Gasteiger partial charge on any atom is -0.394 e. The molecule has 0 aliphatic rings. The van der Waals surface area contributed by atoms with Crippen molar-refractivity contribution in [1.29, 1.82) is 0 Å². The van der Waals surface area contributed by atoms with E-state index in [1.165, 1.54) is 0 Å². The Balaban J connectivity index is 3.81. The standard InChI is InChI=1S/C20H24Cl2O16/c21-37-17(33)19(35,15(31)11(27)9(25)5-23)13(29)7-3-1-2-4-8(7)14(30)20(36,18(34)38-22)16(32)12(28)10(26)6-24/h1-4,9-12,15-16,23-28,31-32,35-36H,5-6H2. The van der Waals surface area contributed by atoms with E-state index in [-0.39, 0.29) is 0 Å². The number of halogens is 2. The molecule has 16 nitrogen and oxygen atoms in total. The molecule has 0 spiro atoms. The van der Waals surface area contributed by atoms with Gasteiger partial charge in [0, 0.05) is 11.1 Å². The van der Waals surface area contributed by atoms with Crippen molar-refractivity contribution in [2.75, 3.05) is 13.2 Å². The van der Waals surface area contributed by atoms with E-state index in [2.05, 4.69) is 8.58 Å². The first-order valence-electron chi connectivity index (χ1n) is 10.2. The molecule has 0 fully saturated rings. The quantitative estimate of drug-likeness (QED) is 0.0716. The fraction of sp³-hybridized carbons (Fsp3) is 0.500. The lowest BCUT2D eigenvalue weighted by atomic mass is 9.78. The summed E-state index contributed by atoms with van der Waals surface area (Å²) in [7, 11) is 0. The molecule has 1 aromatic rings. The maximum Gasteiger partial charge on any atom is 0.367 e. The molecule has 0 amide bonds. The van der Waals surface area contributed by atoms with Gasteiger partial charge >= 0.3 is 11.9 Å². The molecule has 214 valence electrons. The van der Waals surface area contributed by atoms with E-state index in [0.717, 1.165) is 12.1 Å². The van der Waals surface area contributed by atoms with Gasteiger partial charge in [0.15, 0.2) is 0 Å². The molecule has 0 aliphatic carbocycles. The molecule has 8 unspecified atom stereocenters. The van der Waals surface area contributed by atoms with Crippen molar-refractivity contribution in [2.45, 2.75) is 47.8 Å². The average Bonchev–Trinajstić information content (AvgIpc) is 2.95. The summed E-state index contributed by atoms with van der Waals surface area (Å²) in [5, 5.41) is 99.3. The van der Waals surface area contributed by atoms with Crippen LogP contribution in [0, 0.1) is 0 Å². The maximum absolute atomic E-state index is 13.3. The van der Waals surface area contributed by atoms with Gasteiger partial charge in [-0.1, -0.05) is 24.3 Å². The Bertz CT molecular complexity index is 943. The van der Waals surface area contributed by atoms with Crippen LogP contribution >= 0.6 is 23.7 Å². The zero-order valence-electron chi connectivity index (χ0n) is 18.9. The summed E-state index contributed by atoms with van der Waals surface area (Å²) in [4.78, 5) is 51.1. The topological polar surface area (TPSA) is 289 Å². The minimum atomic E-state index is -3.91. The number of ketones is 2. The molecule has 0 aliphatic heterocycles. The van der Waals surface area contributed by atoms with Crippen LogP contribution in [0.5, 0.6) is 0 Å². The van der Waals surface area contributed by atoms with Crippen LogP contribution in [0.2, 0.25) is 0 Å². The first kappa shape index (κ1) is 33.7. The molecular formula is C20H24Cl2O16. The van der Waals surface area contributed by atoms with Crippen molar-refractivity contribution in [2.24, 2.45) is 0 Å². The summed E-state index contributed by atoms with van der Waals surface area (Å²) in [6.07, 6.45) is -15.6. The van der Waals surface area contributed by atoms with E-state index in [4.69, 9.17) is 33.9 Å². The molecule has 0 saturated heterocycles. The Morgan fingerprint density at radius 1 is 0.684 bits per heavy atom. The highest BCUT2D eigenvalue weighted by atomic mass is 35.5. The molecule has 38 heavy (non-hydrogen) atoms. The molecule has 0 heterocycles. The lowest BCUT2D eigenvalue weighted by Crippen LogP contribution is -2.64. The monoisotopic (exact) mass is 590 g/mol. The largest absolute Gasteiger partial charge is 0.394 e. The molecule has 1 rings (SSSR count). The predicted octanol–water partition coefficient (Wildman–Crippen LogP) is -4.94. The van der Waals surface area contributed by atoms with Gasteiger partial charge in [0.2, 0.25) is 11.6 Å². The molecular weight excluding hydrogens is 567 g/mol. The third-order valence-corrected chi connectivity index (χ3v) is 5.82. The number of Topliss-reactive ketones (excluding diaryl/α,β-unsaturated/α-hetero) is 2. The van der Waals surface area contributed by atoms with Crippen LogP contribution in [0.4, 0.5) is 0 Å². The fourth-order valence-corrected chi connectivity index (χ4v) is 3.47. The van der Waals surface area contributed by atoms with Crippen molar-refractivity contribution in [3.05, 3.63) is 35.4 Å². The highest BCUT2D eigenvalue weighted by Crippen LogP contribution is 2.30. The molecule has 1 aromatic carbocycles. The summed E-state index contributed by atoms with van der Waals surface area (Å²) in [6.45, 7) is -2.47. The van der Waals surface area contributed by atoms with Crippen LogP contribution < -0.4 is 0 Å². The summed E-state index contributed by atoms with van der Waals surface area (Å²) in [6, 6.07) is 3.37. The first-order valence-corrected chi connectivity index (χ1v) is 10.8. The summed E-state index contributed by atoms with van der Waals surface area (Å²) < 4.78 is 7.54. The molecule has 18 heteroatoms. The summed E-state index contributed by atoms with van der Waals surface area (Å²) in [5.74, 6) is -8.29. The lowest BCUT2D eigenvalue weighted by Gasteiger charge is -2.34. The van der Waals surface area contributed by atoms with E-state index in [9.17, 15) is 60.0 Å². The smallest absolute Gasteiger partial charge is 0.367 e.